The van der Waals surface area contributed by atoms with Gasteiger partial charge in [0.15, 0.2) is 6.29 Å². The first-order valence-electron chi connectivity index (χ1n) is 6.06. The number of epoxide rings is 1. The highest BCUT2D eigenvalue weighted by molar-refractivity contribution is 6.21. The van der Waals surface area contributed by atoms with Crippen LogP contribution in [0.3, 0.4) is 0 Å². The third kappa shape index (κ3) is 2.03. The number of ether oxygens (including phenoxy) is 1. The molecule has 100 valence electrons. The van der Waals surface area contributed by atoms with E-state index in [0.29, 0.717) is 11.1 Å². The highest BCUT2D eigenvalue weighted by Crippen LogP contribution is 2.26. The molecular weight excluding hydrogens is 250 g/mol. The second-order valence-electron chi connectivity index (χ2n) is 4.65. The quantitative estimate of drug-likeness (QED) is 0.577. The van der Waals surface area contributed by atoms with E-state index in [0.717, 1.165) is 4.90 Å². The monoisotopic (exact) mass is 263 g/mol. The van der Waals surface area contributed by atoms with Crippen LogP contribution >= 0.6 is 0 Å². The van der Waals surface area contributed by atoms with Gasteiger partial charge in [0.2, 0.25) is 0 Å². The van der Waals surface area contributed by atoms with E-state index >= 15 is 0 Å². The summed E-state index contributed by atoms with van der Waals surface area (Å²) < 4.78 is 4.73. The number of rotatable bonds is 4. The van der Waals surface area contributed by atoms with Crippen LogP contribution < -0.4 is 0 Å². The summed E-state index contributed by atoms with van der Waals surface area (Å²) in [5.74, 6) is -0.685. The standard InChI is InChI=1S/C13H13NO5/c15-9(10-13(18)19-10)5-6-14-11(16)7-3-1-2-4-8(7)12(14)17/h1-4,9-10,13,15,18H,5-6H2. The second-order valence-corrected chi connectivity index (χ2v) is 4.65. The zero-order chi connectivity index (χ0) is 13.6. The number of amides is 2. The van der Waals surface area contributed by atoms with Crippen LogP contribution in [0.1, 0.15) is 27.1 Å². The van der Waals surface area contributed by atoms with Crippen molar-refractivity contribution in [1.82, 2.24) is 4.90 Å². The summed E-state index contributed by atoms with van der Waals surface area (Å²) >= 11 is 0. The van der Waals surface area contributed by atoms with Crippen LogP contribution in [0, 0.1) is 0 Å². The Labute approximate surface area is 109 Å². The number of imide groups is 1. The fraction of sp³-hybridized carbons (Fsp3) is 0.385. The molecule has 2 amide bonds. The summed E-state index contributed by atoms with van der Waals surface area (Å²) in [6.45, 7) is 0.111. The van der Waals surface area contributed by atoms with Crippen molar-refractivity contribution in [1.29, 1.82) is 0 Å². The summed E-state index contributed by atoms with van der Waals surface area (Å²) in [5, 5.41) is 18.7. The van der Waals surface area contributed by atoms with Gasteiger partial charge in [-0.25, -0.2) is 0 Å². The van der Waals surface area contributed by atoms with E-state index in [1.807, 2.05) is 0 Å². The molecular formula is C13H13NO5. The predicted octanol–water partition coefficient (Wildman–Crippen LogP) is -0.249. The number of nitrogens with zero attached hydrogens (tertiary/aromatic N) is 1. The first-order chi connectivity index (χ1) is 9.09. The van der Waals surface area contributed by atoms with Gasteiger partial charge in [-0.2, -0.15) is 0 Å². The lowest BCUT2D eigenvalue weighted by Crippen LogP contribution is -2.33. The van der Waals surface area contributed by atoms with Crippen molar-refractivity contribution in [2.24, 2.45) is 0 Å². The van der Waals surface area contributed by atoms with Crippen molar-refractivity contribution >= 4 is 11.8 Å². The van der Waals surface area contributed by atoms with Gasteiger partial charge in [-0.05, 0) is 18.6 Å². The number of aliphatic hydroxyl groups excluding tert-OH is 2. The Bertz CT molecular complexity index is 509. The Kier molecular flexibility index (Phi) is 2.85. The molecule has 0 radical (unpaired) electrons. The zero-order valence-corrected chi connectivity index (χ0v) is 10.0. The number of carbonyl (C=O) groups excluding carboxylic acids is 2. The molecule has 2 aliphatic rings. The van der Waals surface area contributed by atoms with Crippen LogP contribution in [-0.4, -0.2) is 52.0 Å². The molecule has 3 unspecified atom stereocenters. The predicted molar refractivity (Wildman–Crippen MR) is 63.3 cm³/mol. The number of hydrogen-bond acceptors (Lipinski definition) is 5. The molecule has 0 spiro atoms. The fourth-order valence-electron chi connectivity index (χ4n) is 2.26. The molecule has 0 bridgehead atoms. The van der Waals surface area contributed by atoms with Gasteiger partial charge in [0.1, 0.15) is 6.10 Å². The van der Waals surface area contributed by atoms with E-state index in [9.17, 15) is 14.7 Å². The molecule has 2 aliphatic heterocycles. The largest absolute Gasteiger partial charge is 0.390 e. The molecule has 6 heteroatoms. The highest BCUT2D eigenvalue weighted by atomic mass is 16.7. The van der Waals surface area contributed by atoms with Gasteiger partial charge in [-0.1, -0.05) is 12.1 Å². The fourth-order valence-corrected chi connectivity index (χ4v) is 2.26. The molecule has 0 saturated carbocycles. The van der Waals surface area contributed by atoms with Crippen LogP contribution in [0.2, 0.25) is 0 Å². The molecule has 0 aromatic heterocycles. The van der Waals surface area contributed by atoms with Crippen LogP contribution in [0.25, 0.3) is 0 Å². The van der Waals surface area contributed by atoms with Crippen molar-refractivity contribution in [3.05, 3.63) is 35.4 Å². The van der Waals surface area contributed by atoms with Gasteiger partial charge in [-0.15, -0.1) is 0 Å². The number of aliphatic hydroxyl groups is 2. The van der Waals surface area contributed by atoms with E-state index < -0.39 is 18.5 Å². The SMILES string of the molecule is O=C1c2ccccc2C(=O)N1CCC(O)C1OC1O. The van der Waals surface area contributed by atoms with Gasteiger partial charge in [0.05, 0.1) is 17.2 Å². The number of hydrogen-bond donors (Lipinski definition) is 2. The minimum absolute atomic E-state index is 0.111. The maximum atomic E-state index is 12.0. The molecule has 1 aromatic rings. The van der Waals surface area contributed by atoms with E-state index in [1.54, 1.807) is 24.3 Å². The third-order valence-electron chi connectivity index (χ3n) is 3.41. The van der Waals surface area contributed by atoms with Crippen molar-refractivity contribution in [2.75, 3.05) is 6.54 Å². The lowest BCUT2D eigenvalue weighted by Gasteiger charge is -2.15. The highest BCUT2D eigenvalue weighted by Gasteiger charge is 2.44. The minimum Gasteiger partial charge on any atom is -0.390 e. The summed E-state index contributed by atoms with van der Waals surface area (Å²) in [6.07, 6.45) is -2.22. The van der Waals surface area contributed by atoms with Gasteiger partial charge in [-0.3, -0.25) is 14.5 Å². The molecule has 3 atom stereocenters. The molecule has 1 saturated heterocycles. The molecule has 1 fully saturated rings. The first kappa shape index (κ1) is 12.3. The average molecular weight is 263 g/mol. The summed E-state index contributed by atoms with van der Waals surface area (Å²) in [4.78, 5) is 25.1. The molecule has 6 nitrogen and oxygen atoms in total. The Hall–Kier alpha value is -1.76. The second kappa shape index (κ2) is 4.41. The Balaban J connectivity index is 1.67. The third-order valence-corrected chi connectivity index (χ3v) is 3.41. The maximum absolute atomic E-state index is 12.0. The van der Waals surface area contributed by atoms with Crippen LogP contribution in [0.15, 0.2) is 24.3 Å². The van der Waals surface area contributed by atoms with Gasteiger partial charge in [0, 0.05) is 6.54 Å². The van der Waals surface area contributed by atoms with Crippen LogP contribution in [0.5, 0.6) is 0 Å². The Morgan fingerprint density at radius 2 is 1.74 bits per heavy atom. The Morgan fingerprint density at radius 3 is 2.21 bits per heavy atom. The molecule has 1 aromatic carbocycles. The smallest absolute Gasteiger partial charge is 0.261 e. The normalized spacial score (nSPS) is 26.5. The average Bonchev–Trinajstić information content (AvgIpc) is 3.09. The van der Waals surface area contributed by atoms with Crippen molar-refractivity contribution in [2.45, 2.75) is 24.9 Å². The zero-order valence-electron chi connectivity index (χ0n) is 10.0. The van der Waals surface area contributed by atoms with E-state index in [4.69, 9.17) is 9.84 Å². The van der Waals surface area contributed by atoms with Crippen molar-refractivity contribution in [3.8, 4) is 0 Å². The van der Waals surface area contributed by atoms with E-state index in [-0.39, 0.29) is 24.8 Å². The molecule has 2 heterocycles. The summed E-state index contributed by atoms with van der Waals surface area (Å²) in [6, 6.07) is 6.63. The van der Waals surface area contributed by atoms with E-state index in [1.165, 1.54) is 0 Å². The number of carbonyl (C=O) groups is 2. The van der Waals surface area contributed by atoms with Gasteiger partial charge < -0.3 is 14.9 Å². The number of fused-ring (bicyclic) bond motifs is 1. The van der Waals surface area contributed by atoms with Gasteiger partial charge in [0.25, 0.3) is 11.8 Å². The summed E-state index contributed by atoms with van der Waals surface area (Å²) in [7, 11) is 0. The molecule has 0 aliphatic carbocycles. The topological polar surface area (TPSA) is 90.4 Å². The Morgan fingerprint density at radius 1 is 1.21 bits per heavy atom. The molecule has 2 N–H and O–H groups in total. The number of benzene rings is 1. The molecule has 3 rings (SSSR count). The first-order valence-corrected chi connectivity index (χ1v) is 6.06. The minimum atomic E-state index is -0.933. The molecule has 19 heavy (non-hydrogen) atoms. The van der Waals surface area contributed by atoms with Crippen LogP contribution in [0.4, 0.5) is 0 Å². The van der Waals surface area contributed by atoms with E-state index in [2.05, 4.69) is 0 Å². The maximum Gasteiger partial charge on any atom is 0.261 e. The van der Waals surface area contributed by atoms with Crippen molar-refractivity contribution in [3.63, 3.8) is 0 Å². The van der Waals surface area contributed by atoms with Gasteiger partial charge >= 0.3 is 0 Å². The lowest BCUT2D eigenvalue weighted by atomic mass is 10.1. The summed E-state index contributed by atoms with van der Waals surface area (Å²) in [5.41, 5.74) is 0.786. The van der Waals surface area contributed by atoms with Crippen LogP contribution in [-0.2, 0) is 4.74 Å². The van der Waals surface area contributed by atoms with Crippen molar-refractivity contribution < 1.29 is 24.5 Å². The lowest BCUT2D eigenvalue weighted by molar-refractivity contribution is 0.0605.